The van der Waals surface area contributed by atoms with E-state index in [9.17, 15) is 9.18 Å². The van der Waals surface area contributed by atoms with Gasteiger partial charge in [0.1, 0.15) is 5.82 Å². The highest BCUT2D eigenvalue weighted by Gasteiger charge is 2.24. The Balaban J connectivity index is 1.77. The Kier molecular flexibility index (Phi) is 4.48. The number of carbonyl (C=O) groups excluding carboxylic acids is 1. The van der Waals surface area contributed by atoms with E-state index in [1.54, 1.807) is 16.8 Å². The number of rotatable bonds is 3. The molecule has 1 aliphatic heterocycles. The van der Waals surface area contributed by atoms with Gasteiger partial charge in [0.2, 0.25) is 5.82 Å². The maximum Gasteiger partial charge on any atom is 0.293 e. The highest BCUT2D eigenvalue weighted by atomic mass is 19.1. The summed E-state index contributed by atoms with van der Waals surface area (Å²) >= 11 is 0. The molecule has 1 amide bonds. The largest absolute Gasteiger partial charge is 0.336 e. The van der Waals surface area contributed by atoms with Crippen molar-refractivity contribution in [3.8, 4) is 17.1 Å². The molecule has 2 heterocycles. The van der Waals surface area contributed by atoms with Crippen LogP contribution in [-0.4, -0.2) is 38.7 Å². The molecule has 0 radical (unpaired) electrons. The summed E-state index contributed by atoms with van der Waals surface area (Å²) in [5.41, 5.74) is 1.51. The van der Waals surface area contributed by atoms with Crippen molar-refractivity contribution in [3.05, 3.63) is 66.2 Å². The van der Waals surface area contributed by atoms with E-state index in [1.165, 1.54) is 12.1 Å². The van der Waals surface area contributed by atoms with Gasteiger partial charge in [0, 0.05) is 18.7 Å². The average molecular weight is 350 g/mol. The number of hydrogen-bond acceptors (Lipinski definition) is 3. The zero-order valence-corrected chi connectivity index (χ0v) is 14.3. The van der Waals surface area contributed by atoms with Gasteiger partial charge in [-0.3, -0.25) is 4.79 Å². The molecule has 0 saturated carbocycles. The van der Waals surface area contributed by atoms with Crippen LogP contribution in [0.4, 0.5) is 4.39 Å². The summed E-state index contributed by atoms with van der Waals surface area (Å²) in [6.07, 6.45) is 3.17. The third kappa shape index (κ3) is 3.22. The van der Waals surface area contributed by atoms with Gasteiger partial charge in [-0.1, -0.05) is 30.3 Å². The fraction of sp³-hybridized carbons (Fsp3) is 0.250. The fourth-order valence-electron chi connectivity index (χ4n) is 3.18. The number of piperidine rings is 1. The van der Waals surface area contributed by atoms with E-state index in [2.05, 4.69) is 10.1 Å². The minimum Gasteiger partial charge on any atom is -0.336 e. The summed E-state index contributed by atoms with van der Waals surface area (Å²) in [6.45, 7) is 1.48. The van der Waals surface area contributed by atoms with Crippen LogP contribution in [0.1, 0.15) is 29.9 Å². The van der Waals surface area contributed by atoms with E-state index in [0.29, 0.717) is 11.5 Å². The van der Waals surface area contributed by atoms with E-state index >= 15 is 0 Å². The lowest BCUT2D eigenvalue weighted by Gasteiger charge is -2.25. The van der Waals surface area contributed by atoms with Gasteiger partial charge in [-0.2, -0.15) is 0 Å². The standard InChI is InChI=1S/C20H19FN4O/c21-16-9-11-17(12-10-16)25-19(15-7-3-1-4-8-15)22-18(23-25)20(26)24-13-5-2-6-14-24/h1,3-4,7-12H,2,5-6,13-14H2. The first-order valence-corrected chi connectivity index (χ1v) is 8.80. The summed E-state index contributed by atoms with van der Waals surface area (Å²) in [5.74, 6) is 0.273. The quantitative estimate of drug-likeness (QED) is 0.724. The Bertz CT molecular complexity index is 899. The van der Waals surface area contributed by atoms with Crippen LogP contribution < -0.4 is 0 Å². The van der Waals surface area contributed by atoms with Crippen molar-refractivity contribution in [2.75, 3.05) is 13.1 Å². The Hall–Kier alpha value is -3.02. The van der Waals surface area contributed by atoms with Crippen LogP contribution in [0.3, 0.4) is 0 Å². The zero-order valence-electron chi connectivity index (χ0n) is 14.3. The maximum atomic E-state index is 13.3. The number of nitrogens with zero attached hydrogens (tertiary/aromatic N) is 4. The highest BCUT2D eigenvalue weighted by Crippen LogP contribution is 2.22. The van der Waals surface area contributed by atoms with Crippen molar-refractivity contribution in [3.63, 3.8) is 0 Å². The smallest absolute Gasteiger partial charge is 0.293 e. The number of aromatic nitrogens is 3. The monoisotopic (exact) mass is 350 g/mol. The Morgan fingerprint density at radius 3 is 2.31 bits per heavy atom. The molecule has 0 bridgehead atoms. The Morgan fingerprint density at radius 1 is 0.923 bits per heavy atom. The molecule has 5 nitrogen and oxygen atoms in total. The lowest BCUT2D eigenvalue weighted by molar-refractivity contribution is 0.0712. The minimum absolute atomic E-state index is 0.150. The molecule has 1 aromatic heterocycles. The number of halogens is 1. The van der Waals surface area contributed by atoms with Crippen LogP contribution in [-0.2, 0) is 0 Å². The summed E-state index contributed by atoms with van der Waals surface area (Å²) < 4.78 is 14.9. The molecular weight excluding hydrogens is 331 g/mol. The van der Waals surface area contributed by atoms with Crippen LogP contribution in [0.5, 0.6) is 0 Å². The minimum atomic E-state index is -0.320. The van der Waals surface area contributed by atoms with Crippen molar-refractivity contribution in [1.82, 2.24) is 19.7 Å². The van der Waals surface area contributed by atoms with Gasteiger partial charge in [-0.15, -0.1) is 5.10 Å². The first-order valence-electron chi connectivity index (χ1n) is 8.80. The lowest BCUT2D eigenvalue weighted by atomic mass is 10.1. The zero-order chi connectivity index (χ0) is 17.9. The van der Waals surface area contributed by atoms with E-state index in [-0.39, 0.29) is 17.5 Å². The molecule has 0 atom stereocenters. The van der Waals surface area contributed by atoms with Gasteiger partial charge in [-0.05, 0) is 43.5 Å². The van der Waals surface area contributed by atoms with Crippen LogP contribution >= 0.6 is 0 Å². The molecule has 1 aliphatic rings. The molecule has 0 spiro atoms. The maximum absolute atomic E-state index is 13.3. The van der Waals surface area contributed by atoms with Crippen LogP contribution in [0.25, 0.3) is 17.1 Å². The van der Waals surface area contributed by atoms with Crippen LogP contribution in [0.2, 0.25) is 0 Å². The predicted molar refractivity (Wildman–Crippen MR) is 96.5 cm³/mol. The molecule has 1 saturated heterocycles. The van der Waals surface area contributed by atoms with Gasteiger partial charge < -0.3 is 4.90 Å². The first kappa shape index (κ1) is 16.4. The van der Waals surface area contributed by atoms with Gasteiger partial charge >= 0.3 is 0 Å². The first-order chi connectivity index (χ1) is 12.7. The SMILES string of the molecule is O=C(c1nc(-c2ccccc2)n(-c2ccc(F)cc2)n1)N1CCCCC1. The number of likely N-dealkylation sites (tertiary alicyclic amines) is 1. The molecule has 2 aromatic carbocycles. The molecule has 0 aliphatic carbocycles. The average Bonchev–Trinajstić information content (AvgIpc) is 3.15. The second-order valence-corrected chi connectivity index (χ2v) is 6.37. The van der Waals surface area contributed by atoms with E-state index < -0.39 is 0 Å². The fourth-order valence-corrected chi connectivity index (χ4v) is 3.18. The summed E-state index contributed by atoms with van der Waals surface area (Å²) in [4.78, 5) is 19.1. The number of carbonyl (C=O) groups is 1. The topological polar surface area (TPSA) is 51.0 Å². The van der Waals surface area contributed by atoms with Gasteiger partial charge in [-0.25, -0.2) is 14.1 Å². The second kappa shape index (κ2) is 7.07. The van der Waals surface area contributed by atoms with E-state index in [1.807, 2.05) is 35.2 Å². The molecule has 4 rings (SSSR count). The van der Waals surface area contributed by atoms with Crippen molar-refractivity contribution in [1.29, 1.82) is 0 Å². The van der Waals surface area contributed by atoms with Crippen molar-refractivity contribution in [2.24, 2.45) is 0 Å². The molecule has 1 fully saturated rings. The molecule has 0 unspecified atom stereocenters. The normalized spacial score (nSPS) is 14.4. The third-order valence-electron chi connectivity index (χ3n) is 4.54. The third-order valence-corrected chi connectivity index (χ3v) is 4.54. The number of hydrogen-bond donors (Lipinski definition) is 0. The molecule has 6 heteroatoms. The van der Waals surface area contributed by atoms with Crippen molar-refractivity contribution >= 4 is 5.91 Å². The summed E-state index contributed by atoms with van der Waals surface area (Å²) in [6, 6.07) is 15.6. The van der Waals surface area contributed by atoms with Crippen LogP contribution in [0.15, 0.2) is 54.6 Å². The lowest BCUT2D eigenvalue weighted by Crippen LogP contribution is -2.36. The van der Waals surface area contributed by atoms with Gasteiger partial charge in [0.05, 0.1) is 5.69 Å². The van der Waals surface area contributed by atoms with Crippen molar-refractivity contribution in [2.45, 2.75) is 19.3 Å². The Morgan fingerprint density at radius 2 is 1.62 bits per heavy atom. The summed E-state index contributed by atoms with van der Waals surface area (Å²) in [5, 5.41) is 4.45. The molecular formula is C20H19FN4O. The van der Waals surface area contributed by atoms with Crippen LogP contribution in [0, 0.1) is 5.82 Å². The van der Waals surface area contributed by atoms with E-state index in [4.69, 9.17) is 0 Å². The molecule has 132 valence electrons. The van der Waals surface area contributed by atoms with Gasteiger partial charge in [0.15, 0.2) is 5.82 Å². The predicted octanol–water partition coefficient (Wildman–Crippen LogP) is 3.70. The highest BCUT2D eigenvalue weighted by molar-refractivity contribution is 5.91. The van der Waals surface area contributed by atoms with E-state index in [0.717, 1.165) is 37.9 Å². The van der Waals surface area contributed by atoms with Gasteiger partial charge in [0.25, 0.3) is 5.91 Å². The number of amides is 1. The summed E-state index contributed by atoms with van der Waals surface area (Å²) in [7, 11) is 0. The molecule has 0 N–H and O–H groups in total. The second-order valence-electron chi connectivity index (χ2n) is 6.37. The Labute approximate surface area is 151 Å². The number of benzene rings is 2. The molecule has 26 heavy (non-hydrogen) atoms. The molecule has 3 aromatic rings. The van der Waals surface area contributed by atoms with Crippen molar-refractivity contribution < 1.29 is 9.18 Å².